The molecule has 0 radical (unpaired) electrons. The van der Waals surface area contributed by atoms with Gasteiger partial charge in [0.1, 0.15) is 17.3 Å². The number of hydrazone groups is 1. The fraction of sp³-hybridized carbons (Fsp3) is 0.217. The summed E-state index contributed by atoms with van der Waals surface area (Å²) >= 11 is 5.90. The summed E-state index contributed by atoms with van der Waals surface area (Å²) in [4.78, 5) is 12.0. The minimum atomic E-state index is -0.345. The number of ether oxygens (including phenoxy) is 1. The van der Waals surface area contributed by atoms with Gasteiger partial charge in [0.15, 0.2) is 6.61 Å². The third-order valence-corrected chi connectivity index (χ3v) is 4.54. The zero-order chi connectivity index (χ0) is 20.8. The molecule has 0 bridgehead atoms. The van der Waals surface area contributed by atoms with Gasteiger partial charge in [-0.3, -0.25) is 4.79 Å². The van der Waals surface area contributed by atoms with E-state index in [1.807, 2.05) is 43.3 Å². The van der Waals surface area contributed by atoms with Gasteiger partial charge in [0, 0.05) is 10.6 Å². The average Bonchev–Trinajstić information content (AvgIpc) is 3.15. The fourth-order valence-electron chi connectivity index (χ4n) is 2.78. The number of benzene rings is 2. The quantitative estimate of drug-likeness (QED) is 0.409. The Morgan fingerprint density at radius 2 is 1.93 bits per heavy atom. The van der Waals surface area contributed by atoms with E-state index in [1.165, 1.54) is 6.21 Å². The molecule has 0 aliphatic heterocycles. The SMILES string of the molecule is Cc1ccc(C(C)C)c(OCC(=O)NN=Cc2ccc(-c3ccc(Cl)cc3)o2)c1. The molecule has 0 saturated carbocycles. The highest BCUT2D eigenvalue weighted by Crippen LogP contribution is 2.27. The minimum Gasteiger partial charge on any atom is -0.483 e. The predicted molar refractivity (Wildman–Crippen MR) is 116 cm³/mol. The van der Waals surface area contributed by atoms with Crippen LogP contribution in [0.4, 0.5) is 0 Å². The highest BCUT2D eigenvalue weighted by atomic mass is 35.5. The van der Waals surface area contributed by atoms with Gasteiger partial charge in [-0.2, -0.15) is 5.10 Å². The number of aryl methyl sites for hydroxylation is 1. The molecule has 0 spiro atoms. The Labute approximate surface area is 175 Å². The number of nitrogens with zero attached hydrogens (tertiary/aromatic N) is 1. The third-order valence-electron chi connectivity index (χ3n) is 4.29. The highest BCUT2D eigenvalue weighted by Gasteiger charge is 2.10. The monoisotopic (exact) mass is 410 g/mol. The maximum absolute atomic E-state index is 12.0. The molecule has 6 heteroatoms. The van der Waals surface area contributed by atoms with E-state index in [1.54, 1.807) is 18.2 Å². The second kappa shape index (κ2) is 9.43. The first-order valence-corrected chi connectivity index (χ1v) is 9.71. The van der Waals surface area contributed by atoms with Gasteiger partial charge in [-0.05, 0) is 66.4 Å². The lowest BCUT2D eigenvalue weighted by molar-refractivity contribution is -0.123. The van der Waals surface area contributed by atoms with Crippen molar-refractivity contribution in [1.29, 1.82) is 0 Å². The molecule has 0 aliphatic carbocycles. The summed E-state index contributed by atoms with van der Waals surface area (Å²) in [6.07, 6.45) is 1.45. The van der Waals surface area contributed by atoms with E-state index >= 15 is 0 Å². The van der Waals surface area contributed by atoms with Crippen molar-refractivity contribution in [3.05, 3.63) is 76.5 Å². The zero-order valence-corrected chi connectivity index (χ0v) is 17.4. The molecular weight excluding hydrogens is 388 g/mol. The van der Waals surface area contributed by atoms with E-state index in [-0.39, 0.29) is 12.5 Å². The summed E-state index contributed by atoms with van der Waals surface area (Å²) in [5.74, 6) is 1.90. The smallest absolute Gasteiger partial charge is 0.277 e. The molecule has 2 aromatic carbocycles. The van der Waals surface area contributed by atoms with E-state index in [4.69, 9.17) is 20.8 Å². The Hall–Kier alpha value is -3.05. The number of nitrogens with one attached hydrogen (secondary N) is 1. The van der Waals surface area contributed by atoms with Crippen molar-refractivity contribution in [2.75, 3.05) is 6.61 Å². The number of halogens is 1. The molecule has 150 valence electrons. The van der Waals surface area contributed by atoms with Crippen LogP contribution in [0.3, 0.4) is 0 Å². The largest absolute Gasteiger partial charge is 0.483 e. The second-order valence-electron chi connectivity index (χ2n) is 6.99. The van der Waals surface area contributed by atoms with Crippen molar-refractivity contribution in [3.8, 4) is 17.1 Å². The number of amides is 1. The van der Waals surface area contributed by atoms with E-state index in [2.05, 4.69) is 24.4 Å². The summed E-state index contributed by atoms with van der Waals surface area (Å²) in [5.41, 5.74) is 5.50. The maximum atomic E-state index is 12.0. The van der Waals surface area contributed by atoms with E-state index in [9.17, 15) is 4.79 Å². The molecule has 0 unspecified atom stereocenters. The molecular formula is C23H23ClN2O3. The summed E-state index contributed by atoms with van der Waals surface area (Å²) in [5, 5.41) is 4.60. The molecule has 3 rings (SSSR count). The topological polar surface area (TPSA) is 63.8 Å². The normalized spacial score (nSPS) is 11.2. The van der Waals surface area contributed by atoms with Crippen molar-refractivity contribution in [2.45, 2.75) is 26.7 Å². The van der Waals surface area contributed by atoms with Crippen LogP contribution in [0.2, 0.25) is 5.02 Å². The van der Waals surface area contributed by atoms with Crippen molar-refractivity contribution >= 4 is 23.7 Å². The van der Waals surface area contributed by atoms with Gasteiger partial charge in [0.05, 0.1) is 6.21 Å². The number of carbonyl (C=O) groups is 1. The third kappa shape index (κ3) is 5.72. The molecule has 1 heterocycles. The number of carbonyl (C=O) groups excluding carboxylic acids is 1. The van der Waals surface area contributed by atoms with Gasteiger partial charge >= 0.3 is 0 Å². The van der Waals surface area contributed by atoms with Gasteiger partial charge in [-0.15, -0.1) is 0 Å². The first kappa shape index (κ1) is 20.7. The molecule has 0 aliphatic rings. The number of furan rings is 1. The van der Waals surface area contributed by atoms with Crippen molar-refractivity contribution in [2.24, 2.45) is 5.10 Å². The highest BCUT2D eigenvalue weighted by molar-refractivity contribution is 6.30. The Bertz CT molecular complexity index is 1010. The zero-order valence-electron chi connectivity index (χ0n) is 16.6. The van der Waals surface area contributed by atoms with E-state index in [0.717, 1.165) is 22.4 Å². The fourth-order valence-corrected chi connectivity index (χ4v) is 2.90. The van der Waals surface area contributed by atoms with Gasteiger partial charge in [-0.25, -0.2) is 5.43 Å². The summed E-state index contributed by atoms with van der Waals surface area (Å²) < 4.78 is 11.4. The molecule has 1 N–H and O–H groups in total. The molecule has 0 atom stereocenters. The minimum absolute atomic E-state index is 0.116. The average molecular weight is 411 g/mol. The van der Waals surface area contributed by atoms with Crippen LogP contribution in [0.5, 0.6) is 5.75 Å². The van der Waals surface area contributed by atoms with Gasteiger partial charge in [0.2, 0.25) is 0 Å². The second-order valence-corrected chi connectivity index (χ2v) is 7.42. The van der Waals surface area contributed by atoms with Gasteiger partial charge in [0.25, 0.3) is 5.91 Å². The molecule has 0 saturated heterocycles. The Morgan fingerprint density at radius 3 is 2.66 bits per heavy atom. The molecule has 29 heavy (non-hydrogen) atoms. The molecule has 1 amide bonds. The molecule has 1 aromatic heterocycles. The first-order valence-electron chi connectivity index (χ1n) is 9.33. The maximum Gasteiger partial charge on any atom is 0.277 e. The van der Waals surface area contributed by atoms with Crippen LogP contribution in [-0.4, -0.2) is 18.7 Å². The van der Waals surface area contributed by atoms with Crippen LogP contribution < -0.4 is 10.2 Å². The number of hydrogen-bond donors (Lipinski definition) is 1. The summed E-state index contributed by atoms with van der Waals surface area (Å²) in [6.45, 7) is 6.05. The predicted octanol–water partition coefficient (Wildman–Crippen LogP) is 5.56. The van der Waals surface area contributed by atoms with E-state index in [0.29, 0.717) is 22.5 Å². The van der Waals surface area contributed by atoms with Crippen LogP contribution in [-0.2, 0) is 4.79 Å². The molecule has 0 fully saturated rings. The standard InChI is InChI=1S/C23H23ClN2O3/c1-15(2)20-10-4-16(3)12-22(20)28-14-23(27)26-25-13-19-9-11-21(29-19)17-5-7-18(24)8-6-17/h4-13,15H,14H2,1-3H3,(H,26,27). The molecule has 5 nitrogen and oxygen atoms in total. The van der Waals surface area contributed by atoms with Crippen LogP contribution >= 0.6 is 11.6 Å². The lowest BCUT2D eigenvalue weighted by Crippen LogP contribution is -2.24. The van der Waals surface area contributed by atoms with Crippen molar-refractivity contribution in [1.82, 2.24) is 5.43 Å². The molecule has 3 aromatic rings. The Balaban J connectivity index is 1.54. The van der Waals surface area contributed by atoms with Crippen LogP contribution in [0.1, 0.15) is 36.7 Å². The lowest BCUT2D eigenvalue weighted by atomic mass is 10.0. The summed E-state index contributed by atoms with van der Waals surface area (Å²) in [6, 6.07) is 17.0. The lowest BCUT2D eigenvalue weighted by Gasteiger charge is -2.14. The Morgan fingerprint density at radius 1 is 1.17 bits per heavy atom. The summed E-state index contributed by atoms with van der Waals surface area (Å²) in [7, 11) is 0. The van der Waals surface area contributed by atoms with Gasteiger partial charge in [-0.1, -0.05) is 37.6 Å². The number of rotatable bonds is 7. The van der Waals surface area contributed by atoms with Crippen LogP contribution in [0, 0.1) is 6.92 Å². The van der Waals surface area contributed by atoms with Gasteiger partial charge < -0.3 is 9.15 Å². The van der Waals surface area contributed by atoms with Crippen LogP contribution in [0.25, 0.3) is 11.3 Å². The van der Waals surface area contributed by atoms with Crippen molar-refractivity contribution < 1.29 is 13.9 Å². The Kier molecular flexibility index (Phi) is 6.73. The van der Waals surface area contributed by atoms with Crippen molar-refractivity contribution in [3.63, 3.8) is 0 Å². The van der Waals surface area contributed by atoms with Crippen LogP contribution in [0.15, 0.2) is 64.1 Å². The van der Waals surface area contributed by atoms with E-state index < -0.39 is 0 Å². The first-order chi connectivity index (χ1) is 13.9. The number of hydrogen-bond acceptors (Lipinski definition) is 4.